The quantitative estimate of drug-likeness (QED) is 0.708. The highest BCUT2D eigenvalue weighted by molar-refractivity contribution is 5.73. The Morgan fingerprint density at radius 3 is 2.92 bits per heavy atom. The van der Waals surface area contributed by atoms with Gasteiger partial charge < -0.3 is 15.4 Å². The summed E-state index contributed by atoms with van der Waals surface area (Å²) in [6.07, 6.45) is 3.50. The second kappa shape index (κ2) is 4.09. The summed E-state index contributed by atoms with van der Waals surface area (Å²) in [4.78, 5) is 10.5. The van der Waals surface area contributed by atoms with Crippen LogP contribution in [0.4, 0.5) is 0 Å². The Labute approximate surface area is 77.0 Å². The van der Waals surface area contributed by atoms with Crippen molar-refractivity contribution in [2.45, 2.75) is 26.0 Å². The van der Waals surface area contributed by atoms with Crippen LogP contribution in [0.3, 0.4) is 0 Å². The van der Waals surface area contributed by atoms with Crippen molar-refractivity contribution in [2.75, 3.05) is 0 Å². The molecule has 4 heteroatoms. The van der Waals surface area contributed by atoms with Gasteiger partial charge in [0.25, 0.3) is 0 Å². The number of aliphatic hydroxyl groups is 1. The predicted octanol–water partition coefficient (Wildman–Crippen LogP) is 0.417. The summed E-state index contributed by atoms with van der Waals surface area (Å²) in [5.74, 6) is -0.313. The van der Waals surface area contributed by atoms with E-state index in [-0.39, 0.29) is 5.91 Å². The van der Waals surface area contributed by atoms with E-state index in [1.807, 2.05) is 23.0 Å². The molecule has 1 atom stereocenters. The number of rotatable bonds is 4. The van der Waals surface area contributed by atoms with Gasteiger partial charge in [0.2, 0.25) is 5.91 Å². The highest BCUT2D eigenvalue weighted by Gasteiger charge is 2.02. The average Bonchev–Trinajstić information content (AvgIpc) is 2.48. The first-order valence-corrected chi connectivity index (χ1v) is 4.21. The fraction of sp³-hybridized carbons (Fsp3) is 0.444. The van der Waals surface area contributed by atoms with Crippen LogP contribution in [0.5, 0.6) is 0 Å². The third-order valence-electron chi connectivity index (χ3n) is 1.87. The van der Waals surface area contributed by atoms with Gasteiger partial charge in [0.05, 0.1) is 6.10 Å². The van der Waals surface area contributed by atoms with Gasteiger partial charge in [-0.2, -0.15) is 0 Å². The fourth-order valence-electron chi connectivity index (χ4n) is 1.08. The molecular weight excluding hydrogens is 168 g/mol. The number of aryl methyl sites for hydroxylation is 1. The number of nitrogens with two attached hydrogens (primary N) is 1. The van der Waals surface area contributed by atoms with Crippen molar-refractivity contribution >= 4 is 5.91 Å². The smallest absolute Gasteiger partial charge is 0.219 e. The van der Waals surface area contributed by atoms with Crippen LogP contribution >= 0.6 is 0 Å². The maximum atomic E-state index is 10.5. The van der Waals surface area contributed by atoms with Crippen molar-refractivity contribution in [1.82, 2.24) is 4.57 Å². The molecule has 1 amide bonds. The summed E-state index contributed by atoms with van der Waals surface area (Å²) in [6, 6.07) is 1.83. The molecule has 0 aliphatic carbocycles. The van der Waals surface area contributed by atoms with Gasteiger partial charge in [-0.1, -0.05) is 0 Å². The largest absolute Gasteiger partial charge is 0.389 e. The van der Waals surface area contributed by atoms with E-state index in [2.05, 4.69) is 0 Å². The van der Waals surface area contributed by atoms with Crippen LogP contribution in [0, 0.1) is 0 Å². The minimum Gasteiger partial charge on any atom is -0.389 e. The van der Waals surface area contributed by atoms with Crippen LogP contribution in [-0.4, -0.2) is 15.6 Å². The van der Waals surface area contributed by atoms with Gasteiger partial charge in [-0.05, 0) is 18.6 Å². The van der Waals surface area contributed by atoms with Crippen LogP contribution in [0.15, 0.2) is 18.5 Å². The van der Waals surface area contributed by atoms with E-state index in [1.54, 1.807) is 6.92 Å². The molecular formula is C9H14N2O2. The maximum absolute atomic E-state index is 10.5. The van der Waals surface area contributed by atoms with Crippen molar-refractivity contribution in [3.63, 3.8) is 0 Å². The molecule has 0 bridgehead atoms. The van der Waals surface area contributed by atoms with Gasteiger partial charge in [0.15, 0.2) is 0 Å². The van der Waals surface area contributed by atoms with Crippen LogP contribution in [0.2, 0.25) is 0 Å². The SMILES string of the molecule is CC(O)c1ccn(CCC(N)=O)c1. The van der Waals surface area contributed by atoms with Gasteiger partial charge in [0.1, 0.15) is 0 Å². The van der Waals surface area contributed by atoms with E-state index in [9.17, 15) is 9.90 Å². The number of primary amides is 1. The lowest BCUT2D eigenvalue weighted by molar-refractivity contribution is -0.118. The first-order valence-electron chi connectivity index (χ1n) is 4.21. The summed E-state index contributed by atoms with van der Waals surface area (Å²) in [5, 5.41) is 9.21. The third-order valence-corrected chi connectivity index (χ3v) is 1.87. The molecule has 0 saturated heterocycles. The number of hydrogen-bond acceptors (Lipinski definition) is 2. The van der Waals surface area contributed by atoms with Crippen LogP contribution in [0.1, 0.15) is 25.0 Å². The molecule has 4 nitrogen and oxygen atoms in total. The highest BCUT2D eigenvalue weighted by atomic mass is 16.3. The molecule has 1 aromatic heterocycles. The summed E-state index contributed by atoms with van der Waals surface area (Å²) >= 11 is 0. The van der Waals surface area contributed by atoms with Crippen LogP contribution < -0.4 is 5.73 Å². The monoisotopic (exact) mass is 182 g/mol. The van der Waals surface area contributed by atoms with E-state index in [1.165, 1.54) is 0 Å². The lowest BCUT2D eigenvalue weighted by Gasteiger charge is -2.00. The van der Waals surface area contributed by atoms with Gasteiger partial charge >= 0.3 is 0 Å². The molecule has 1 heterocycles. The van der Waals surface area contributed by atoms with Crippen molar-refractivity contribution < 1.29 is 9.90 Å². The molecule has 0 aliphatic heterocycles. The van der Waals surface area contributed by atoms with E-state index in [4.69, 9.17) is 5.73 Å². The molecule has 0 fully saturated rings. The van der Waals surface area contributed by atoms with Crippen molar-refractivity contribution in [2.24, 2.45) is 5.73 Å². The third kappa shape index (κ3) is 2.91. The zero-order valence-corrected chi connectivity index (χ0v) is 7.60. The average molecular weight is 182 g/mol. The van der Waals surface area contributed by atoms with E-state index in [0.717, 1.165) is 5.56 Å². The Hall–Kier alpha value is -1.29. The molecule has 72 valence electrons. The molecule has 1 aromatic rings. The minimum atomic E-state index is -0.463. The Kier molecular flexibility index (Phi) is 3.08. The number of hydrogen-bond donors (Lipinski definition) is 2. The Bertz CT molecular complexity index is 292. The molecule has 0 aliphatic rings. The lowest BCUT2D eigenvalue weighted by Crippen LogP contribution is -2.13. The molecule has 13 heavy (non-hydrogen) atoms. The molecule has 3 N–H and O–H groups in total. The molecule has 1 rings (SSSR count). The molecule has 0 aromatic carbocycles. The Balaban J connectivity index is 2.54. The predicted molar refractivity (Wildman–Crippen MR) is 48.9 cm³/mol. The van der Waals surface area contributed by atoms with E-state index in [0.29, 0.717) is 13.0 Å². The number of aliphatic hydroxyl groups excluding tert-OH is 1. The topological polar surface area (TPSA) is 68.2 Å². The maximum Gasteiger partial charge on any atom is 0.219 e. The molecule has 1 unspecified atom stereocenters. The van der Waals surface area contributed by atoms with Gasteiger partial charge in [-0.25, -0.2) is 0 Å². The van der Waals surface area contributed by atoms with Crippen molar-refractivity contribution in [3.8, 4) is 0 Å². The number of carbonyl (C=O) groups is 1. The van der Waals surface area contributed by atoms with Crippen LogP contribution in [-0.2, 0) is 11.3 Å². The Morgan fingerprint density at radius 1 is 1.77 bits per heavy atom. The summed E-state index contributed by atoms with van der Waals surface area (Å²) in [5.41, 5.74) is 5.86. The molecule has 0 saturated carbocycles. The summed E-state index contributed by atoms with van der Waals surface area (Å²) < 4.78 is 1.84. The van der Waals surface area contributed by atoms with Crippen LogP contribution in [0.25, 0.3) is 0 Å². The first-order chi connectivity index (χ1) is 6.09. The molecule has 0 radical (unpaired) electrons. The number of nitrogens with zero attached hydrogens (tertiary/aromatic N) is 1. The van der Waals surface area contributed by atoms with E-state index >= 15 is 0 Å². The first kappa shape index (κ1) is 9.80. The van der Waals surface area contributed by atoms with Gasteiger partial charge in [-0.15, -0.1) is 0 Å². The lowest BCUT2D eigenvalue weighted by atomic mass is 10.2. The zero-order chi connectivity index (χ0) is 9.84. The second-order valence-corrected chi connectivity index (χ2v) is 3.07. The normalized spacial score (nSPS) is 12.8. The number of aromatic nitrogens is 1. The zero-order valence-electron chi connectivity index (χ0n) is 7.60. The highest BCUT2D eigenvalue weighted by Crippen LogP contribution is 2.11. The fourth-order valence-corrected chi connectivity index (χ4v) is 1.08. The van der Waals surface area contributed by atoms with Crippen molar-refractivity contribution in [1.29, 1.82) is 0 Å². The standard InChI is InChI=1S/C9H14N2O2/c1-7(12)8-2-4-11(6-8)5-3-9(10)13/h2,4,6-7,12H,3,5H2,1H3,(H2,10,13). The second-order valence-electron chi connectivity index (χ2n) is 3.07. The van der Waals surface area contributed by atoms with Gasteiger partial charge in [-0.3, -0.25) is 4.79 Å². The van der Waals surface area contributed by atoms with E-state index < -0.39 is 6.10 Å². The Morgan fingerprint density at radius 2 is 2.46 bits per heavy atom. The number of carbonyl (C=O) groups excluding carboxylic acids is 1. The number of amides is 1. The minimum absolute atomic E-state index is 0.313. The van der Waals surface area contributed by atoms with Crippen molar-refractivity contribution in [3.05, 3.63) is 24.0 Å². The van der Waals surface area contributed by atoms with Gasteiger partial charge in [0, 0.05) is 25.4 Å². The summed E-state index contributed by atoms with van der Waals surface area (Å²) in [6.45, 7) is 2.27. The molecule has 0 spiro atoms. The summed E-state index contributed by atoms with van der Waals surface area (Å²) in [7, 11) is 0.